The molecule has 0 unspecified atom stereocenters. The summed E-state index contributed by atoms with van der Waals surface area (Å²) in [6, 6.07) is 5.62. The maximum absolute atomic E-state index is 6.10. The molecule has 0 fully saturated rings. The van der Waals surface area contributed by atoms with Gasteiger partial charge >= 0.3 is 0 Å². The highest BCUT2D eigenvalue weighted by Gasteiger charge is 2.05. The first kappa shape index (κ1) is 13.8. The third-order valence-corrected chi connectivity index (χ3v) is 2.84. The molecule has 4 nitrogen and oxygen atoms in total. The van der Waals surface area contributed by atoms with Gasteiger partial charge in [-0.25, -0.2) is 4.98 Å². The molecule has 0 radical (unpaired) electrons. The van der Waals surface area contributed by atoms with E-state index in [4.69, 9.17) is 16.3 Å². The summed E-state index contributed by atoms with van der Waals surface area (Å²) in [6.45, 7) is 5.63. The van der Waals surface area contributed by atoms with Crippen molar-refractivity contribution in [3.05, 3.63) is 46.9 Å². The van der Waals surface area contributed by atoms with Gasteiger partial charge in [-0.2, -0.15) is 0 Å². The summed E-state index contributed by atoms with van der Waals surface area (Å²) in [5, 5.41) is 3.75. The summed E-state index contributed by atoms with van der Waals surface area (Å²) >= 11 is 6.10. The Hall–Kier alpha value is -1.65. The molecule has 19 heavy (non-hydrogen) atoms. The van der Waals surface area contributed by atoms with Crippen LogP contribution in [0.4, 0.5) is 0 Å². The molecular weight excluding hydrogens is 262 g/mol. The highest BCUT2D eigenvalue weighted by Crippen LogP contribution is 2.28. The van der Waals surface area contributed by atoms with Crippen LogP contribution >= 0.6 is 11.6 Å². The predicted molar refractivity (Wildman–Crippen MR) is 75.7 cm³/mol. The molecule has 2 aromatic rings. The predicted octanol–water partition coefficient (Wildman–Crippen LogP) is 3.34. The van der Waals surface area contributed by atoms with Crippen molar-refractivity contribution < 1.29 is 4.74 Å². The maximum atomic E-state index is 6.10. The van der Waals surface area contributed by atoms with E-state index in [0.29, 0.717) is 23.2 Å². The molecule has 0 amide bonds. The quantitative estimate of drug-likeness (QED) is 0.910. The van der Waals surface area contributed by atoms with E-state index in [0.717, 1.165) is 17.8 Å². The zero-order valence-corrected chi connectivity index (χ0v) is 11.7. The van der Waals surface area contributed by atoms with Crippen LogP contribution in [0.2, 0.25) is 5.02 Å². The van der Waals surface area contributed by atoms with Gasteiger partial charge in [-0.15, -0.1) is 0 Å². The molecule has 0 aliphatic rings. The molecule has 1 heterocycles. The van der Waals surface area contributed by atoms with Gasteiger partial charge in [-0.05, 0) is 31.2 Å². The second-order valence-corrected chi connectivity index (χ2v) is 4.57. The highest BCUT2D eigenvalue weighted by atomic mass is 35.5. The number of aromatic nitrogens is 2. The molecule has 2 rings (SSSR count). The van der Waals surface area contributed by atoms with Gasteiger partial charge in [-0.3, -0.25) is 4.98 Å². The summed E-state index contributed by atoms with van der Waals surface area (Å²) in [5.41, 5.74) is 1.97. The summed E-state index contributed by atoms with van der Waals surface area (Å²) in [5.74, 6) is 1.02. The fourth-order valence-corrected chi connectivity index (χ4v) is 1.81. The first-order valence-electron chi connectivity index (χ1n) is 6.14. The largest absolute Gasteiger partial charge is 0.436 e. The molecule has 0 saturated carbocycles. The van der Waals surface area contributed by atoms with Crippen molar-refractivity contribution in [1.29, 1.82) is 0 Å². The third-order valence-electron chi connectivity index (χ3n) is 2.54. The Morgan fingerprint density at radius 2 is 2.11 bits per heavy atom. The molecular formula is C14H16ClN3O. The van der Waals surface area contributed by atoms with E-state index in [1.807, 2.05) is 32.0 Å². The van der Waals surface area contributed by atoms with Crippen LogP contribution in [-0.4, -0.2) is 16.5 Å². The van der Waals surface area contributed by atoms with Crippen LogP contribution in [0.15, 0.2) is 30.6 Å². The molecule has 1 N–H and O–H groups in total. The van der Waals surface area contributed by atoms with E-state index < -0.39 is 0 Å². The summed E-state index contributed by atoms with van der Waals surface area (Å²) < 4.78 is 5.60. The minimum absolute atomic E-state index is 0.436. The van der Waals surface area contributed by atoms with E-state index in [-0.39, 0.29) is 0 Å². The lowest BCUT2D eigenvalue weighted by Crippen LogP contribution is -2.13. The Kier molecular flexibility index (Phi) is 4.71. The zero-order chi connectivity index (χ0) is 13.7. The van der Waals surface area contributed by atoms with E-state index in [1.165, 1.54) is 0 Å². The van der Waals surface area contributed by atoms with Crippen LogP contribution in [0.5, 0.6) is 11.6 Å². The lowest BCUT2D eigenvalue weighted by Gasteiger charge is -2.07. The fourth-order valence-electron chi connectivity index (χ4n) is 1.54. The van der Waals surface area contributed by atoms with Gasteiger partial charge in [0.15, 0.2) is 0 Å². The Morgan fingerprint density at radius 1 is 1.26 bits per heavy atom. The van der Waals surface area contributed by atoms with Crippen molar-refractivity contribution in [1.82, 2.24) is 15.3 Å². The number of benzene rings is 1. The Morgan fingerprint density at radius 3 is 2.74 bits per heavy atom. The number of nitrogens with one attached hydrogen (secondary N) is 1. The van der Waals surface area contributed by atoms with E-state index in [1.54, 1.807) is 12.4 Å². The number of hydrogen-bond acceptors (Lipinski definition) is 4. The normalized spacial score (nSPS) is 10.5. The van der Waals surface area contributed by atoms with Crippen molar-refractivity contribution in [2.45, 2.75) is 20.4 Å². The third kappa shape index (κ3) is 3.91. The SMILES string of the molecule is CCNCc1cnc(Oc2ccc(C)cc2Cl)cn1. The van der Waals surface area contributed by atoms with E-state index in [9.17, 15) is 0 Å². The van der Waals surface area contributed by atoms with Crippen molar-refractivity contribution in [2.75, 3.05) is 6.54 Å². The smallest absolute Gasteiger partial charge is 0.237 e. The molecule has 0 bridgehead atoms. The Labute approximate surface area is 117 Å². The van der Waals surface area contributed by atoms with Crippen LogP contribution in [0.3, 0.4) is 0 Å². The number of aryl methyl sites for hydroxylation is 1. The molecule has 0 aliphatic carbocycles. The minimum Gasteiger partial charge on any atom is -0.436 e. The van der Waals surface area contributed by atoms with Gasteiger partial charge in [0.05, 0.1) is 23.1 Å². The van der Waals surface area contributed by atoms with Crippen LogP contribution in [-0.2, 0) is 6.54 Å². The van der Waals surface area contributed by atoms with Gasteiger partial charge in [-0.1, -0.05) is 24.6 Å². The second-order valence-electron chi connectivity index (χ2n) is 4.16. The summed E-state index contributed by atoms with van der Waals surface area (Å²) in [4.78, 5) is 8.47. The molecule has 0 spiro atoms. The molecule has 1 aromatic carbocycles. The molecule has 100 valence electrons. The van der Waals surface area contributed by atoms with E-state index >= 15 is 0 Å². The van der Waals surface area contributed by atoms with Crippen molar-refractivity contribution in [3.8, 4) is 11.6 Å². The van der Waals surface area contributed by atoms with Gasteiger partial charge in [0.1, 0.15) is 5.75 Å². The van der Waals surface area contributed by atoms with Crippen LogP contribution < -0.4 is 10.1 Å². The highest BCUT2D eigenvalue weighted by molar-refractivity contribution is 6.32. The Bertz CT molecular complexity index is 543. The summed E-state index contributed by atoms with van der Waals surface area (Å²) in [6.07, 6.45) is 3.29. The van der Waals surface area contributed by atoms with Gasteiger partial charge in [0.25, 0.3) is 0 Å². The maximum Gasteiger partial charge on any atom is 0.237 e. The van der Waals surface area contributed by atoms with Crippen LogP contribution in [0, 0.1) is 6.92 Å². The van der Waals surface area contributed by atoms with Gasteiger partial charge in [0, 0.05) is 6.54 Å². The Balaban J connectivity index is 2.06. The van der Waals surface area contributed by atoms with Gasteiger partial charge in [0.2, 0.25) is 5.88 Å². The second kappa shape index (κ2) is 6.50. The zero-order valence-electron chi connectivity index (χ0n) is 11.0. The van der Waals surface area contributed by atoms with Gasteiger partial charge < -0.3 is 10.1 Å². The van der Waals surface area contributed by atoms with Crippen LogP contribution in [0.1, 0.15) is 18.2 Å². The van der Waals surface area contributed by atoms with Crippen molar-refractivity contribution in [2.24, 2.45) is 0 Å². The first-order chi connectivity index (χ1) is 9.19. The topological polar surface area (TPSA) is 47.0 Å². The summed E-state index contributed by atoms with van der Waals surface area (Å²) in [7, 11) is 0. The molecule has 0 aliphatic heterocycles. The lowest BCUT2D eigenvalue weighted by molar-refractivity contribution is 0.459. The molecule has 1 aromatic heterocycles. The minimum atomic E-state index is 0.436. The van der Waals surface area contributed by atoms with Crippen molar-refractivity contribution >= 4 is 11.6 Å². The van der Waals surface area contributed by atoms with Crippen LogP contribution in [0.25, 0.3) is 0 Å². The average molecular weight is 278 g/mol. The number of nitrogens with zero attached hydrogens (tertiary/aromatic N) is 2. The first-order valence-corrected chi connectivity index (χ1v) is 6.52. The molecule has 5 heteroatoms. The van der Waals surface area contributed by atoms with Crippen molar-refractivity contribution in [3.63, 3.8) is 0 Å². The molecule has 0 saturated heterocycles. The molecule has 0 atom stereocenters. The average Bonchev–Trinajstić information content (AvgIpc) is 2.41. The standard InChI is InChI=1S/C14H16ClN3O/c1-3-16-7-11-8-18-14(9-17-11)19-13-5-4-10(2)6-12(13)15/h4-6,8-9,16H,3,7H2,1-2H3. The fraction of sp³-hybridized carbons (Fsp3) is 0.286. The number of ether oxygens (including phenoxy) is 1. The van der Waals surface area contributed by atoms with E-state index in [2.05, 4.69) is 15.3 Å². The lowest BCUT2D eigenvalue weighted by atomic mass is 10.2. The number of rotatable bonds is 5. The number of halogens is 1. The monoisotopic (exact) mass is 277 g/mol. The number of hydrogen-bond donors (Lipinski definition) is 1.